The highest BCUT2D eigenvalue weighted by molar-refractivity contribution is 14.1. The molecule has 13 heavy (non-hydrogen) atoms. The zero-order valence-electron chi connectivity index (χ0n) is 7.29. The fourth-order valence-corrected chi connectivity index (χ4v) is 1.89. The molecule has 0 atom stereocenters. The van der Waals surface area contributed by atoms with E-state index in [0.717, 1.165) is 11.3 Å². The van der Waals surface area contributed by atoms with Crippen LogP contribution in [0, 0.1) is 3.57 Å². The first-order valence-corrected chi connectivity index (χ1v) is 5.52. The molecule has 70 valence electrons. The molecule has 1 aromatic carbocycles. The molecule has 2 nitrogen and oxygen atoms in total. The molecule has 0 amide bonds. The van der Waals surface area contributed by atoms with E-state index in [1.54, 1.807) is 0 Å². The highest BCUT2D eigenvalue weighted by atomic mass is 127. The molecule has 0 heterocycles. The summed E-state index contributed by atoms with van der Waals surface area (Å²) in [5.41, 5.74) is 6.72. The zero-order valence-corrected chi connectivity index (χ0v) is 9.45. The Hall–Kier alpha value is -0.290. The molecule has 0 radical (unpaired) electrons. The van der Waals surface area contributed by atoms with E-state index in [9.17, 15) is 0 Å². The van der Waals surface area contributed by atoms with E-state index in [0.29, 0.717) is 12.6 Å². The van der Waals surface area contributed by atoms with Crippen LogP contribution in [0.1, 0.15) is 18.4 Å². The van der Waals surface area contributed by atoms with Gasteiger partial charge in [-0.25, -0.2) is 0 Å². The minimum atomic E-state index is 0.462. The van der Waals surface area contributed by atoms with Crippen LogP contribution in [-0.2, 0) is 6.54 Å². The van der Waals surface area contributed by atoms with Gasteiger partial charge in [0.05, 0.1) is 6.10 Å². The van der Waals surface area contributed by atoms with Crippen molar-refractivity contribution >= 4 is 22.6 Å². The number of hydrogen-bond donors (Lipinski definition) is 1. The topological polar surface area (TPSA) is 35.2 Å². The lowest BCUT2D eigenvalue weighted by Gasteiger charge is -2.06. The average molecular weight is 289 g/mol. The van der Waals surface area contributed by atoms with E-state index in [1.165, 1.54) is 16.4 Å². The zero-order chi connectivity index (χ0) is 9.26. The van der Waals surface area contributed by atoms with Gasteiger partial charge in [0, 0.05) is 10.1 Å². The van der Waals surface area contributed by atoms with Gasteiger partial charge in [-0.15, -0.1) is 0 Å². The van der Waals surface area contributed by atoms with Gasteiger partial charge in [0.1, 0.15) is 5.75 Å². The summed E-state index contributed by atoms with van der Waals surface area (Å²) >= 11 is 2.29. The molecule has 0 saturated heterocycles. The quantitative estimate of drug-likeness (QED) is 0.867. The van der Waals surface area contributed by atoms with Crippen molar-refractivity contribution < 1.29 is 4.74 Å². The second-order valence-corrected chi connectivity index (χ2v) is 4.56. The number of hydrogen-bond acceptors (Lipinski definition) is 2. The molecule has 1 fully saturated rings. The lowest BCUT2D eigenvalue weighted by Crippen LogP contribution is -2.00. The summed E-state index contributed by atoms with van der Waals surface area (Å²) in [6, 6.07) is 6.17. The smallest absolute Gasteiger partial charge is 0.121 e. The standard InChI is InChI=1S/C10H12INO/c11-8-3-7(6-12)4-10(5-8)13-9-1-2-9/h3-5,9H,1-2,6,12H2. The molecule has 1 aliphatic rings. The van der Waals surface area contributed by atoms with E-state index in [2.05, 4.69) is 34.7 Å². The molecule has 2 N–H and O–H groups in total. The van der Waals surface area contributed by atoms with Gasteiger partial charge in [0.25, 0.3) is 0 Å². The van der Waals surface area contributed by atoms with Crippen molar-refractivity contribution in [2.45, 2.75) is 25.5 Å². The number of benzene rings is 1. The second-order valence-electron chi connectivity index (χ2n) is 3.32. The normalized spacial score (nSPS) is 15.8. The second kappa shape index (κ2) is 3.84. The maximum absolute atomic E-state index is 5.69. The summed E-state index contributed by atoms with van der Waals surface area (Å²) in [6.07, 6.45) is 2.86. The predicted octanol–water partition coefficient (Wildman–Crippen LogP) is 2.29. The lowest BCUT2D eigenvalue weighted by molar-refractivity contribution is 0.302. The van der Waals surface area contributed by atoms with Crippen molar-refractivity contribution in [3.05, 3.63) is 27.3 Å². The summed E-state index contributed by atoms with van der Waals surface area (Å²) in [7, 11) is 0. The predicted molar refractivity (Wildman–Crippen MR) is 60.7 cm³/mol. The molecule has 0 aromatic heterocycles. The fourth-order valence-electron chi connectivity index (χ4n) is 1.18. The SMILES string of the molecule is NCc1cc(I)cc(OC2CC2)c1. The highest BCUT2D eigenvalue weighted by Gasteiger charge is 2.23. The van der Waals surface area contributed by atoms with Crippen molar-refractivity contribution in [1.82, 2.24) is 0 Å². The van der Waals surface area contributed by atoms with Crippen LogP contribution < -0.4 is 10.5 Å². The van der Waals surface area contributed by atoms with E-state index < -0.39 is 0 Å². The van der Waals surface area contributed by atoms with Gasteiger partial charge in [-0.2, -0.15) is 0 Å². The molecule has 1 aromatic rings. The van der Waals surface area contributed by atoms with Crippen molar-refractivity contribution in [3.8, 4) is 5.75 Å². The van der Waals surface area contributed by atoms with Gasteiger partial charge >= 0.3 is 0 Å². The van der Waals surface area contributed by atoms with Crippen molar-refractivity contribution in [1.29, 1.82) is 0 Å². The van der Waals surface area contributed by atoms with Crippen LogP contribution >= 0.6 is 22.6 Å². The molecule has 0 bridgehead atoms. The van der Waals surface area contributed by atoms with Crippen LogP contribution in [0.2, 0.25) is 0 Å². The molecule has 0 spiro atoms. The molecule has 2 rings (SSSR count). The van der Waals surface area contributed by atoms with E-state index >= 15 is 0 Å². The molecule has 0 unspecified atom stereocenters. The minimum Gasteiger partial charge on any atom is -0.490 e. The van der Waals surface area contributed by atoms with Crippen LogP contribution in [0.15, 0.2) is 18.2 Å². The van der Waals surface area contributed by atoms with E-state index in [4.69, 9.17) is 10.5 Å². The maximum atomic E-state index is 5.69. The molecular formula is C10H12INO. The molecule has 1 aliphatic carbocycles. The highest BCUT2D eigenvalue weighted by Crippen LogP contribution is 2.28. The fraction of sp³-hybridized carbons (Fsp3) is 0.400. The van der Waals surface area contributed by atoms with Gasteiger partial charge in [-0.05, 0) is 59.2 Å². The van der Waals surface area contributed by atoms with Crippen LogP contribution in [0.5, 0.6) is 5.75 Å². The Morgan fingerprint density at radius 2 is 2.15 bits per heavy atom. The summed E-state index contributed by atoms with van der Waals surface area (Å²) in [5.74, 6) is 0.967. The summed E-state index contributed by atoms with van der Waals surface area (Å²) < 4.78 is 6.88. The van der Waals surface area contributed by atoms with Gasteiger partial charge in [0.2, 0.25) is 0 Å². The van der Waals surface area contributed by atoms with Crippen LogP contribution in [0.3, 0.4) is 0 Å². The third kappa shape index (κ3) is 2.57. The minimum absolute atomic E-state index is 0.462. The van der Waals surface area contributed by atoms with Crippen molar-refractivity contribution in [3.63, 3.8) is 0 Å². The first-order chi connectivity index (χ1) is 6.28. The number of halogens is 1. The maximum Gasteiger partial charge on any atom is 0.121 e. The lowest BCUT2D eigenvalue weighted by atomic mass is 10.2. The Balaban J connectivity index is 2.17. The monoisotopic (exact) mass is 289 g/mol. The van der Waals surface area contributed by atoms with Gasteiger partial charge in [-0.1, -0.05) is 0 Å². The first-order valence-electron chi connectivity index (χ1n) is 4.44. The summed E-state index contributed by atoms with van der Waals surface area (Å²) in [5, 5.41) is 0. The third-order valence-corrected chi connectivity index (χ3v) is 2.62. The molecular weight excluding hydrogens is 277 g/mol. The molecule has 1 saturated carbocycles. The molecule has 3 heteroatoms. The Morgan fingerprint density at radius 1 is 1.38 bits per heavy atom. The van der Waals surface area contributed by atoms with Crippen molar-refractivity contribution in [2.75, 3.05) is 0 Å². The third-order valence-electron chi connectivity index (χ3n) is 1.99. The van der Waals surface area contributed by atoms with Gasteiger partial charge < -0.3 is 10.5 Å². The van der Waals surface area contributed by atoms with Crippen molar-refractivity contribution in [2.24, 2.45) is 5.73 Å². The number of nitrogens with two attached hydrogens (primary N) is 1. The summed E-state index contributed by atoms with van der Waals surface area (Å²) in [4.78, 5) is 0. The Bertz CT molecular complexity index is 310. The number of ether oxygens (including phenoxy) is 1. The van der Waals surface area contributed by atoms with Crippen LogP contribution in [0.25, 0.3) is 0 Å². The van der Waals surface area contributed by atoms with E-state index in [-0.39, 0.29) is 0 Å². The average Bonchev–Trinajstić information content (AvgIpc) is 2.87. The molecule has 0 aliphatic heterocycles. The van der Waals surface area contributed by atoms with E-state index in [1.807, 2.05) is 6.07 Å². The Morgan fingerprint density at radius 3 is 2.77 bits per heavy atom. The van der Waals surface area contributed by atoms with Gasteiger partial charge in [0.15, 0.2) is 0 Å². The number of rotatable bonds is 3. The largest absolute Gasteiger partial charge is 0.490 e. The summed E-state index contributed by atoms with van der Waals surface area (Å²) in [6.45, 7) is 0.581. The van der Waals surface area contributed by atoms with Crippen LogP contribution in [0.4, 0.5) is 0 Å². The Labute approximate surface area is 91.6 Å². The Kier molecular flexibility index (Phi) is 2.74. The first kappa shape index (κ1) is 9.27. The van der Waals surface area contributed by atoms with Gasteiger partial charge in [-0.3, -0.25) is 0 Å². The van der Waals surface area contributed by atoms with Crippen LogP contribution in [-0.4, -0.2) is 6.10 Å².